The van der Waals surface area contributed by atoms with E-state index in [2.05, 4.69) is 5.32 Å². The fraction of sp³-hybridized carbons (Fsp3) is 0.714. The van der Waals surface area contributed by atoms with Crippen molar-refractivity contribution in [2.24, 2.45) is 5.73 Å². The van der Waals surface area contributed by atoms with Gasteiger partial charge in [-0.2, -0.15) is 0 Å². The van der Waals surface area contributed by atoms with E-state index in [1.807, 2.05) is 0 Å². The number of primary amides is 1. The molecule has 5 heteroatoms. The summed E-state index contributed by atoms with van der Waals surface area (Å²) in [4.78, 5) is 20.1. The van der Waals surface area contributed by atoms with Crippen LogP contribution in [0.2, 0.25) is 0 Å². The molecule has 0 spiro atoms. The first-order chi connectivity index (χ1) is 5.63. The number of urea groups is 1. The van der Waals surface area contributed by atoms with E-state index in [0.717, 1.165) is 12.8 Å². The number of carboxylic acids is 1. The van der Waals surface area contributed by atoms with E-state index in [-0.39, 0.29) is 6.42 Å². The van der Waals surface area contributed by atoms with Gasteiger partial charge < -0.3 is 21.0 Å². The van der Waals surface area contributed by atoms with Gasteiger partial charge in [-0.1, -0.05) is 6.42 Å². The molecule has 0 aromatic heterocycles. The lowest BCUT2D eigenvalue weighted by Gasteiger charge is -2.02. The van der Waals surface area contributed by atoms with Gasteiger partial charge in [-0.05, 0) is 19.3 Å². The molecule has 0 bridgehead atoms. The molecule has 0 aliphatic rings. The molecular weight excluding hydrogens is 160 g/mol. The summed E-state index contributed by atoms with van der Waals surface area (Å²) >= 11 is 0. The number of hydrogen-bond donors (Lipinski definition) is 2. The Labute approximate surface area is 70.9 Å². The van der Waals surface area contributed by atoms with Crippen molar-refractivity contribution in [1.82, 2.24) is 5.32 Å². The Morgan fingerprint density at radius 2 is 1.92 bits per heavy atom. The number of hydrogen-bond acceptors (Lipinski definition) is 3. The maximum atomic E-state index is 10.1. The van der Waals surface area contributed by atoms with Gasteiger partial charge in [0.1, 0.15) is 0 Å². The Balaban J connectivity index is 3.01. The third-order valence-electron chi connectivity index (χ3n) is 1.36. The summed E-state index contributed by atoms with van der Waals surface area (Å²) in [5.74, 6) is -1.03. The summed E-state index contributed by atoms with van der Waals surface area (Å²) in [6.07, 6.45) is 2.17. The monoisotopic (exact) mass is 173 g/mol. The molecule has 0 atom stereocenters. The lowest BCUT2D eigenvalue weighted by molar-refractivity contribution is -0.305. The average molecular weight is 173 g/mol. The lowest BCUT2D eigenvalue weighted by atomic mass is 10.2. The summed E-state index contributed by atoms with van der Waals surface area (Å²) in [6.45, 7) is 0.502. The smallest absolute Gasteiger partial charge is 0.312 e. The second-order valence-corrected chi connectivity index (χ2v) is 2.47. The molecule has 0 fully saturated rings. The van der Waals surface area contributed by atoms with Crippen molar-refractivity contribution in [3.05, 3.63) is 0 Å². The van der Waals surface area contributed by atoms with Crippen LogP contribution in [-0.2, 0) is 4.79 Å². The number of amides is 2. The summed E-state index contributed by atoms with van der Waals surface area (Å²) in [6, 6.07) is -0.546. The predicted molar refractivity (Wildman–Crippen MR) is 41.1 cm³/mol. The molecular formula is C7H13N2O3-. The molecule has 0 saturated carbocycles. The van der Waals surface area contributed by atoms with Crippen LogP contribution in [0.4, 0.5) is 4.79 Å². The van der Waals surface area contributed by atoms with Crippen LogP contribution in [0.1, 0.15) is 25.7 Å². The van der Waals surface area contributed by atoms with Gasteiger partial charge in [0, 0.05) is 12.5 Å². The molecule has 0 aromatic rings. The van der Waals surface area contributed by atoms with E-state index in [1.165, 1.54) is 0 Å². The Hall–Kier alpha value is -1.26. The topological polar surface area (TPSA) is 95.2 Å². The minimum Gasteiger partial charge on any atom is -0.550 e. The number of nitrogens with one attached hydrogen (secondary N) is 1. The summed E-state index contributed by atoms with van der Waals surface area (Å²) in [7, 11) is 0. The van der Waals surface area contributed by atoms with Gasteiger partial charge in [-0.25, -0.2) is 4.79 Å². The number of carbonyl (C=O) groups is 2. The highest BCUT2D eigenvalue weighted by atomic mass is 16.4. The Kier molecular flexibility index (Phi) is 5.77. The van der Waals surface area contributed by atoms with Crippen molar-refractivity contribution in [3.8, 4) is 0 Å². The quantitative estimate of drug-likeness (QED) is 0.502. The molecule has 5 nitrogen and oxygen atoms in total. The van der Waals surface area contributed by atoms with Crippen LogP contribution in [0.5, 0.6) is 0 Å². The molecule has 0 rings (SSSR count). The van der Waals surface area contributed by atoms with E-state index in [9.17, 15) is 14.7 Å². The van der Waals surface area contributed by atoms with E-state index < -0.39 is 12.0 Å². The van der Waals surface area contributed by atoms with E-state index in [4.69, 9.17) is 5.73 Å². The molecule has 0 aromatic carbocycles. The van der Waals surface area contributed by atoms with Crippen molar-refractivity contribution in [2.45, 2.75) is 25.7 Å². The maximum absolute atomic E-state index is 10.1. The van der Waals surface area contributed by atoms with Crippen molar-refractivity contribution < 1.29 is 14.7 Å². The molecule has 0 heterocycles. The number of carbonyl (C=O) groups excluding carboxylic acids is 2. The van der Waals surface area contributed by atoms with E-state index in [0.29, 0.717) is 13.0 Å². The van der Waals surface area contributed by atoms with E-state index in [1.54, 1.807) is 0 Å². The van der Waals surface area contributed by atoms with Crippen LogP contribution in [0.15, 0.2) is 0 Å². The molecule has 0 radical (unpaired) electrons. The normalized spacial score (nSPS) is 9.33. The Morgan fingerprint density at radius 1 is 1.25 bits per heavy atom. The molecule has 0 saturated heterocycles. The van der Waals surface area contributed by atoms with Gasteiger partial charge in [0.05, 0.1) is 0 Å². The number of unbranched alkanes of at least 4 members (excludes halogenated alkanes) is 2. The van der Waals surface area contributed by atoms with Gasteiger partial charge in [0.15, 0.2) is 0 Å². The van der Waals surface area contributed by atoms with Gasteiger partial charge in [-0.3, -0.25) is 0 Å². The van der Waals surface area contributed by atoms with Crippen LogP contribution in [0, 0.1) is 0 Å². The fourth-order valence-corrected chi connectivity index (χ4v) is 0.783. The van der Waals surface area contributed by atoms with Gasteiger partial charge in [-0.15, -0.1) is 0 Å². The highest BCUT2D eigenvalue weighted by molar-refractivity contribution is 5.71. The minimum absolute atomic E-state index is 0.0799. The highest BCUT2D eigenvalue weighted by Gasteiger charge is 1.92. The van der Waals surface area contributed by atoms with Crippen LogP contribution in [0.3, 0.4) is 0 Å². The second-order valence-electron chi connectivity index (χ2n) is 2.47. The van der Waals surface area contributed by atoms with Crippen molar-refractivity contribution in [2.75, 3.05) is 6.54 Å². The first-order valence-corrected chi connectivity index (χ1v) is 3.86. The van der Waals surface area contributed by atoms with Gasteiger partial charge >= 0.3 is 6.03 Å². The molecule has 0 aliphatic carbocycles. The van der Waals surface area contributed by atoms with Gasteiger partial charge in [0.25, 0.3) is 0 Å². The van der Waals surface area contributed by atoms with Crippen LogP contribution >= 0.6 is 0 Å². The lowest BCUT2D eigenvalue weighted by Crippen LogP contribution is -2.30. The van der Waals surface area contributed by atoms with Crippen molar-refractivity contribution >= 4 is 12.0 Å². The average Bonchev–Trinajstić information content (AvgIpc) is 1.95. The zero-order valence-electron chi connectivity index (χ0n) is 6.84. The Bertz CT molecular complexity index is 141. The van der Waals surface area contributed by atoms with E-state index >= 15 is 0 Å². The summed E-state index contributed by atoms with van der Waals surface area (Å²) in [5, 5.41) is 12.3. The minimum atomic E-state index is -1.03. The SMILES string of the molecule is NC(=O)NCCCCCC(=O)[O-]. The maximum Gasteiger partial charge on any atom is 0.312 e. The van der Waals surface area contributed by atoms with Gasteiger partial charge in [0.2, 0.25) is 0 Å². The molecule has 70 valence electrons. The molecule has 3 N–H and O–H groups in total. The number of carboxylic acid groups (broad SMARTS) is 1. The molecule has 0 aliphatic heterocycles. The second kappa shape index (κ2) is 6.45. The van der Waals surface area contributed by atoms with Crippen LogP contribution in [-0.4, -0.2) is 18.5 Å². The van der Waals surface area contributed by atoms with Crippen molar-refractivity contribution in [1.29, 1.82) is 0 Å². The molecule has 12 heavy (non-hydrogen) atoms. The third kappa shape index (κ3) is 8.74. The first-order valence-electron chi connectivity index (χ1n) is 3.86. The third-order valence-corrected chi connectivity index (χ3v) is 1.36. The number of aliphatic carboxylic acids is 1. The summed E-state index contributed by atoms with van der Waals surface area (Å²) < 4.78 is 0. The molecule has 0 unspecified atom stereocenters. The number of nitrogens with two attached hydrogens (primary N) is 1. The highest BCUT2D eigenvalue weighted by Crippen LogP contribution is 1.97. The summed E-state index contributed by atoms with van der Waals surface area (Å²) in [5.41, 5.74) is 4.80. The molecule has 2 amide bonds. The zero-order valence-corrected chi connectivity index (χ0v) is 6.84. The van der Waals surface area contributed by atoms with Crippen LogP contribution in [0.25, 0.3) is 0 Å². The Morgan fingerprint density at radius 3 is 2.42 bits per heavy atom. The largest absolute Gasteiger partial charge is 0.550 e. The predicted octanol–water partition coefficient (Wildman–Crippen LogP) is -1.04. The zero-order chi connectivity index (χ0) is 9.40. The first kappa shape index (κ1) is 10.7. The fourth-order valence-electron chi connectivity index (χ4n) is 0.783. The number of rotatable bonds is 6. The van der Waals surface area contributed by atoms with Crippen LogP contribution < -0.4 is 16.2 Å². The van der Waals surface area contributed by atoms with Crippen molar-refractivity contribution in [3.63, 3.8) is 0 Å². The standard InChI is InChI=1S/C7H14N2O3/c8-7(12)9-5-3-1-2-4-6(10)11/h1-5H2,(H,10,11)(H3,8,9,12)/p-1.